The predicted molar refractivity (Wildman–Crippen MR) is 86.6 cm³/mol. The summed E-state index contributed by atoms with van der Waals surface area (Å²) in [7, 11) is -3.58. The summed E-state index contributed by atoms with van der Waals surface area (Å²) >= 11 is 0. The first kappa shape index (κ1) is 17.4. The second-order valence-electron chi connectivity index (χ2n) is 5.61. The van der Waals surface area contributed by atoms with Crippen molar-refractivity contribution >= 4 is 27.9 Å². The van der Waals surface area contributed by atoms with Gasteiger partial charge in [-0.25, -0.2) is 13.2 Å². The minimum Gasteiger partial charge on any atom is -0.478 e. The molecule has 0 aromatic heterocycles. The fourth-order valence-electron chi connectivity index (χ4n) is 2.59. The van der Waals surface area contributed by atoms with E-state index in [1.807, 2.05) is 0 Å². The number of carbonyl (C=O) groups excluding carboxylic acids is 1. The Morgan fingerprint density at radius 1 is 1.17 bits per heavy atom. The second kappa shape index (κ2) is 6.64. The normalized spacial score (nSPS) is 16.9. The topological polar surface area (TPSA) is 91.8 Å². The number of benzene rings is 1. The highest BCUT2D eigenvalue weighted by molar-refractivity contribution is 7.92. The van der Waals surface area contributed by atoms with Crippen LogP contribution in [0.1, 0.15) is 39.9 Å². The molecule has 1 saturated heterocycles. The van der Waals surface area contributed by atoms with E-state index in [2.05, 4.69) is 0 Å². The van der Waals surface area contributed by atoms with E-state index in [0.29, 0.717) is 16.7 Å². The molecule has 2 rings (SSSR count). The number of hydrogen-bond acceptors (Lipinski definition) is 4. The Morgan fingerprint density at radius 3 is 2.17 bits per heavy atom. The molecule has 1 N–H and O–H groups in total. The van der Waals surface area contributed by atoms with Gasteiger partial charge in [-0.3, -0.25) is 4.79 Å². The minimum absolute atomic E-state index is 0.0800. The maximum Gasteiger partial charge on any atom is 0.335 e. The number of sulfonamides is 1. The first-order valence-electron chi connectivity index (χ1n) is 7.25. The van der Waals surface area contributed by atoms with Gasteiger partial charge in [-0.1, -0.05) is 0 Å². The fourth-order valence-corrected chi connectivity index (χ4v) is 3.76. The largest absolute Gasteiger partial charge is 0.478 e. The molecule has 0 aliphatic carbocycles. The van der Waals surface area contributed by atoms with Crippen molar-refractivity contribution in [2.45, 2.75) is 26.7 Å². The molecule has 0 spiro atoms. The summed E-state index contributed by atoms with van der Waals surface area (Å²) in [5, 5.41) is 10.2. The van der Waals surface area contributed by atoms with E-state index in [4.69, 9.17) is 5.11 Å². The fraction of sp³-hybridized carbons (Fsp3) is 0.375. The Bertz CT molecular complexity index is 747. The van der Waals surface area contributed by atoms with Crippen LogP contribution in [0, 0.1) is 13.8 Å². The molecule has 0 bridgehead atoms. The summed E-state index contributed by atoms with van der Waals surface area (Å²) in [5.41, 5.74) is 2.26. The van der Waals surface area contributed by atoms with Gasteiger partial charge in [0.25, 0.3) is 0 Å². The maximum atomic E-state index is 12.3. The molecule has 0 radical (unpaired) electrons. The number of carboxylic acids is 1. The zero-order valence-electron chi connectivity index (χ0n) is 13.1. The Morgan fingerprint density at radius 2 is 1.70 bits per heavy atom. The summed E-state index contributed by atoms with van der Waals surface area (Å²) < 4.78 is 25.9. The molecule has 1 fully saturated rings. The van der Waals surface area contributed by atoms with Crippen LogP contribution in [-0.2, 0) is 14.8 Å². The molecule has 23 heavy (non-hydrogen) atoms. The van der Waals surface area contributed by atoms with Crippen LogP contribution in [0.3, 0.4) is 0 Å². The first-order chi connectivity index (χ1) is 10.7. The number of rotatable bonds is 4. The Hall–Kier alpha value is -1.99. The molecule has 0 saturated carbocycles. The van der Waals surface area contributed by atoms with E-state index >= 15 is 0 Å². The van der Waals surface area contributed by atoms with E-state index in [1.54, 1.807) is 13.8 Å². The molecule has 0 unspecified atom stereocenters. The van der Waals surface area contributed by atoms with Gasteiger partial charge < -0.3 is 5.11 Å². The van der Waals surface area contributed by atoms with Crippen molar-refractivity contribution in [3.63, 3.8) is 0 Å². The molecule has 1 aromatic rings. The van der Waals surface area contributed by atoms with Crippen molar-refractivity contribution in [2.24, 2.45) is 0 Å². The van der Waals surface area contributed by atoms with Crippen LogP contribution in [0.25, 0.3) is 6.08 Å². The second-order valence-corrected chi connectivity index (χ2v) is 7.43. The number of aryl methyl sites for hydroxylation is 2. The molecular weight excluding hydrogens is 318 g/mol. The summed E-state index contributed by atoms with van der Waals surface area (Å²) in [4.78, 5) is 22.2. The van der Waals surface area contributed by atoms with Gasteiger partial charge in [-0.15, -0.1) is 0 Å². The van der Waals surface area contributed by atoms with Gasteiger partial charge in [0.05, 0.1) is 5.56 Å². The van der Waals surface area contributed by atoms with Crippen molar-refractivity contribution in [2.75, 3.05) is 13.1 Å². The number of hydrogen-bond donors (Lipinski definition) is 1. The minimum atomic E-state index is -3.58. The zero-order valence-corrected chi connectivity index (χ0v) is 13.9. The average molecular weight is 337 g/mol. The highest BCUT2D eigenvalue weighted by atomic mass is 32.2. The van der Waals surface area contributed by atoms with Crippen LogP contribution in [0.2, 0.25) is 0 Å². The van der Waals surface area contributed by atoms with Crippen molar-refractivity contribution in [3.8, 4) is 0 Å². The maximum absolute atomic E-state index is 12.3. The Balaban J connectivity index is 2.26. The van der Waals surface area contributed by atoms with Gasteiger partial charge in [-0.2, -0.15) is 4.31 Å². The van der Waals surface area contributed by atoms with Crippen molar-refractivity contribution in [3.05, 3.63) is 39.8 Å². The standard InChI is InChI=1S/C16H19NO5S/c1-11-9-13(16(19)20)10-12(2)15(11)5-8-23(21,22)17-6-3-14(18)4-7-17/h5,8-10H,3-4,6-7H2,1-2H3,(H,19,20). The van der Waals surface area contributed by atoms with Gasteiger partial charge in [0.2, 0.25) is 10.0 Å². The van der Waals surface area contributed by atoms with Gasteiger partial charge in [0.15, 0.2) is 0 Å². The SMILES string of the molecule is Cc1cc(C(=O)O)cc(C)c1C=CS(=O)(=O)N1CCC(=O)CC1. The summed E-state index contributed by atoms with van der Waals surface area (Å²) in [6.45, 7) is 3.90. The zero-order chi connectivity index (χ0) is 17.2. The highest BCUT2D eigenvalue weighted by Crippen LogP contribution is 2.20. The molecule has 1 heterocycles. The lowest BCUT2D eigenvalue weighted by molar-refractivity contribution is -0.120. The predicted octanol–water partition coefficient (Wildman–Crippen LogP) is 1.97. The lowest BCUT2D eigenvalue weighted by Gasteiger charge is -2.23. The molecule has 1 aliphatic rings. The molecule has 124 valence electrons. The summed E-state index contributed by atoms with van der Waals surface area (Å²) in [5.74, 6) is -0.936. The number of piperidine rings is 1. The van der Waals surface area contributed by atoms with Crippen molar-refractivity contribution in [1.29, 1.82) is 0 Å². The number of Topliss-reactive ketones (excluding diaryl/α,β-unsaturated/α-hetero) is 1. The van der Waals surface area contributed by atoms with E-state index in [-0.39, 0.29) is 37.3 Å². The number of nitrogens with zero attached hydrogens (tertiary/aromatic N) is 1. The quantitative estimate of drug-likeness (QED) is 0.907. The van der Waals surface area contributed by atoms with Crippen molar-refractivity contribution in [1.82, 2.24) is 4.31 Å². The lowest BCUT2D eigenvalue weighted by Crippen LogP contribution is -2.37. The van der Waals surface area contributed by atoms with E-state index < -0.39 is 16.0 Å². The lowest BCUT2D eigenvalue weighted by atomic mass is 9.99. The molecule has 7 heteroatoms. The van der Waals surface area contributed by atoms with Crippen LogP contribution in [0.5, 0.6) is 0 Å². The third-order valence-corrected chi connectivity index (χ3v) is 5.45. The summed E-state index contributed by atoms with van der Waals surface area (Å²) in [6, 6.07) is 3.03. The van der Waals surface area contributed by atoms with Crippen LogP contribution in [-0.4, -0.2) is 42.7 Å². The van der Waals surface area contributed by atoms with Crippen molar-refractivity contribution < 1.29 is 23.1 Å². The van der Waals surface area contributed by atoms with E-state index in [1.165, 1.54) is 22.5 Å². The smallest absolute Gasteiger partial charge is 0.335 e. The molecule has 1 aliphatic heterocycles. The third kappa shape index (κ3) is 4.05. The summed E-state index contributed by atoms with van der Waals surface area (Å²) in [6.07, 6.45) is 1.99. The number of carboxylic acid groups (broad SMARTS) is 1. The third-order valence-electron chi connectivity index (χ3n) is 3.89. The Labute approximate surface area is 135 Å². The molecule has 1 aromatic carbocycles. The van der Waals surface area contributed by atoms with Gasteiger partial charge in [0.1, 0.15) is 5.78 Å². The number of aromatic carboxylic acids is 1. The highest BCUT2D eigenvalue weighted by Gasteiger charge is 2.24. The van der Waals surface area contributed by atoms with E-state index in [0.717, 1.165) is 5.41 Å². The number of ketones is 1. The van der Waals surface area contributed by atoms with Crippen LogP contribution in [0.15, 0.2) is 17.5 Å². The van der Waals surface area contributed by atoms with Gasteiger partial charge >= 0.3 is 5.97 Å². The average Bonchev–Trinajstić information content (AvgIpc) is 2.46. The first-order valence-corrected chi connectivity index (χ1v) is 8.75. The van der Waals surface area contributed by atoms with Gasteiger partial charge in [0, 0.05) is 31.3 Å². The monoisotopic (exact) mass is 337 g/mol. The van der Waals surface area contributed by atoms with E-state index in [9.17, 15) is 18.0 Å². The Kier molecular flexibility index (Phi) is 5.01. The van der Waals surface area contributed by atoms with Crippen LogP contribution < -0.4 is 0 Å². The number of carbonyl (C=O) groups is 2. The van der Waals surface area contributed by atoms with Crippen LogP contribution >= 0.6 is 0 Å². The molecule has 0 amide bonds. The van der Waals surface area contributed by atoms with Crippen LogP contribution in [0.4, 0.5) is 0 Å². The molecule has 6 nitrogen and oxygen atoms in total. The molecule has 0 atom stereocenters. The molecular formula is C16H19NO5S. The van der Waals surface area contributed by atoms with Gasteiger partial charge in [-0.05, 0) is 48.7 Å².